The summed E-state index contributed by atoms with van der Waals surface area (Å²) in [6.45, 7) is 4.34. The molecule has 0 unspecified atom stereocenters. The minimum atomic E-state index is 1.10. The van der Waals surface area contributed by atoms with E-state index in [4.69, 9.17) is 0 Å². The van der Waals surface area contributed by atoms with E-state index in [1.54, 1.807) is 0 Å². The van der Waals surface area contributed by atoms with Crippen LogP contribution in [0.4, 0.5) is 0 Å². The lowest BCUT2D eigenvalue weighted by molar-refractivity contribution is 1.15. The second-order valence-electron chi connectivity index (χ2n) is 4.74. The summed E-state index contributed by atoms with van der Waals surface area (Å²) in [5.41, 5.74) is 2.73. The smallest absolute Gasteiger partial charge is 0.0175 e. The molecule has 17 heavy (non-hydrogen) atoms. The first-order valence-electron chi connectivity index (χ1n) is 6.19. The van der Waals surface area contributed by atoms with E-state index in [-0.39, 0.29) is 0 Å². The molecule has 0 saturated carbocycles. The van der Waals surface area contributed by atoms with Gasteiger partial charge in [-0.1, -0.05) is 48.9 Å². The molecular weight excluding hydrogens is 204 g/mol. The third-order valence-electron chi connectivity index (χ3n) is 3.42. The van der Waals surface area contributed by atoms with Gasteiger partial charge < -0.3 is 0 Å². The number of hydrogen-bond acceptors (Lipinski definition) is 0. The van der Waals surface area contributed by atoms with E-state index in [1.807, 2.05) is 0 Å². The first-order valence-corrected chi connectivity index (χ1v) is 6.19. The maximum Gasteiger partial charge on any atom is -0.0175 e. The minimum Gasteiger partial charge on any atom is -0.0613 e. The van der Waals surface area contributed by atoms with Crippen molar-refractivity contribution in [3.8, 4) is 0 Å². The summed E-state index contributed by atoms with van der Waals surface area (Å²) in [6, 6.07) is 18.0. The van der Waals surface area contributed by atoms with Gasteiger partial charge in [0.25, 0.3) is 0 Å². The standard InChI is InChI=1S/C17H16/c1-3-13-5-7-15-10-16-8-12(2)4-6-14(16)11-17(15)9-13/h4-11H,3H2,1-2H3. The van der Waals surface area contributed by atoms with Crippen molar-refractivity contribution in [2.24, 2.45) is 0 Å². The highest BCUT2D eigenvalue weighted by atomic mass is 14.0. The Balaban J connectivity index is 2.35. The third kappa shape index (κ3) is 1.80. The second kappa shape index (κ2) is 3.89. The Kier molecular flexibility index (Phi) is 2.36. The monoisotopic (exact) mass is 220 g/mol. The van der Waals surface area contributed by atoms with Gasteiger partial charge in [-0.2, -0.15) is 0 Å². The quantitative estimate of drug-likeness (QED) is 0.513. The van der Waals surface area contributed by atoms with Gasteiger partial charge in [0.15, 0.2) is 0 Å². The molecule has 0 nitrogen and oxygen atoms in total. The van der Waals surface area contributed by atoms with Crippen molar-refractivity contribution in [1.82, 2.24) is 0 Å². The molecule has 3 aromatic carbocycles. The average Bonchev–Trinajstić information content (AvgIpc) is 2.35. The van der Waals surface area contributed by atoms with Crippen LogP contribution in [0.25, 0.3) is 21.5 Å². The van der Waals surface area contributed by atoms with E-state index in [0.29, 0.717) is 0 Å². The van der Waals surface area contributed by atoms with Gasteiger partial charge >= 0.3 is 0 Å². The Labute approximate surface area is 102 Å². The van der Waals surface area contributed by atoms with Crippen molar-refractivity contribution in [2.75, 3.05) is 0 Å². The van der Waals surface area contributed by atoms with Crippen LogP contribution >= 0.6 is 0 Å². The molecule has 3 rings (SSSR count). The average molecular weight is 220 g/mol. The zero-order chi connectivity index (χ0) is 11.8. The van der Waals surface area contributed by atoms with Crippen LogP contribution < -0.4 is 0 Å². The molecule has 0 aliphatic carbocycles. The molecule has 0 spiro atoms. The molecule has 0 N–H and O–H groups in total. The predicted molar refractivity (Wildman–Crippen MR) is 75.6 cm³/mol. The maximum absolute atomic E-state index is 2.30. The van der Waals surface area contributed by atoms with Crippen molar-refractivity contribution >= 4 is 21.5 Å². The fourth-order valence-electron chi connectivity index (χ4n) is 2.39. The van der Waals surface area contributed by atoms with Crippen LogP contribution in [0.15, 0.2) is 48.5 Å². The summed E-state index contributed by atoms with van der Waals surface area (Å²) in [6.07, 6.45) is 1.10. The SMILES string of the molecule is CCc1ccc2cc3cc(C)ccc3cc2c1. The van der Waals surface area contributed by atoms with Gasteiger partial charge in [-0.15, -0.1) is 0 Å². The molecule has 0 bridgehead atoms. The van der Waals surface area contributed by atoms with Crippen molar-refractivity contribution < 1.29 is 0 Å². The lowest BCUT2D eigenvalue weighted by Gasteiger charge is -2.05. The predicted octanol–water partition coefficient (Wildman–Crippen LogP) is 4.86. The zero-order valence-electron chi connectivity index (χ0n) is 10.3. The van der Waals surface area contributed by atoms with Gasteiger partial charge in [-0.3, -0.25) is 0 Å². The first kappa shape index (κ1) is 10.3. The molecule has 0 saturated heterocycles. The van der Waals surface area contributed by atoms with E-state index in [0.717, 1.165) is 6.42 Å². The summed E-state index contributed by atoms with van der Waals surface area (Å²) in [7, 11) is 0. The van der Waals surface area contributed by atoms with Crippen LogP contribution in [-0.2, 0) is 6.42 Å². The highest BCUT2D eigenvalue weighted by molar-refractivity contribution is 5.98. The molecule has 84 valence electrons. The Morgan fingerprint density at radius 3 is 2.06 bits per heavy atom. The third-order valence-corrected chi connectivity index (χ3v) is 3.42. The van der Waals surface area contributed by atoms with Crippen molar-refractivity contribution in [3.05, 3.63) is 59.7 Å². The number of rotatable bonds is 1. The molecular formula is C17H16. The van der Waals surface area contributed by atoms with E-state index in [9.17, 15) is 0 Å². The zero-order valence-corrected chi connectivity index (χ0v) is 10.3. The Morgan fingerprint density at radius 1 is 0.706 bits per heavy atom. The van der Waals surface area contributed by atoms with Gasteiger partial charge in [0.1, 0.15) is 0 Å². The number of aryl methyl sites for hydroxylation is 2. The van der Waals surface area contributed by atoms with E-state index in [1.165, 1.54) is 32.7 Å². The highest BCUT2D eigenvalue weighted by Gasteiger charge is 1.99. The topological polar surface area (TPSA) is 0 Å². The largest absolute Gasteiger partial charge is 0.0613 e. The molecule has 0 atom stereocenters. The molecule has 0 heterocycles. The molecule has 0 fully saturated rings. The van der Waals surface area contributed by atoms with Gasteiger partial charge in [0, 0.05) is 0 Å². The summed E-state index contributed by atoms with van der Waals surface area (Å²) in [5.74, 6) is 0. The van der Waals surface area contributed by atoms with Crippen LogP contribution in [0, 0.1) is 6.92 Å². The molecule has 0 aliphatic rings. The van der Waals surface area contributed by atoms with Crippen LogP contribution in [0.1, 0.15) is 18.1 Å². The highest BCUT2D eigenvalue weighted by Crippen LogP contribution is 2.24. The fourth-order valence-corrected chi connectivity index (χ4v) is 2.39. The molecule has 0 radical (unpaired) electrons. The second-order valence-corrected chi connectivity index (χ2v) is 4.74. The van der Waals surface area contributed by atoms with Crippen molar-refractivity contribution in [3.63, 3.8) is 0 Å². The summed E-state index contributed by atoms with van der Waals surface area (Å²) in [5, 5.41) is 5.35. The van der Waals surface area contributed by atoms with Gasteiger partial charge in [0.05, 0.1) is 0 Å². The first-order chi connectivity index (χ1) is 8.26. The van der Waals surface area contributed by atoms with Gasteiger partial charge in [-0.05, 0) is 52.6 Å². The van der Waals surface area contributed by atoms with Crippen LogP contribution in [0.5, 0.6) is 0 Å². The van der Waals surface area contributed by atoms with Crippen LogP contribution in [-0.4, -0.2) is 0 Å². The molecule has 0 aliphatic heterocycles. The van der Waals surface area contributed by atoms with Crippen molar-refractivity contribution in [2.45, 2.75) is 20.3 Å². The van der Waals surface area contributed by atoms with Gasteiger partial charge in [0.2, 0.25) is 0 Å². The summed E-state index contributed by atoms with van der Waals surface area (Å²) >= 11 is 0. The van der Waals surface area contributed by atoms with Crippen LogP contribution in [0.3, 0.4) is 0 Å². The van der Waals surface area contributed by atoms with Crippen molar-refractivity contribution in [1.29, 1.82) is 0 Å². The number of fused-ring (bicyclic) bond motifs is 2. The number of benzene rings is 3. The van der Waals surface area contributed by atoms with E-state index >= 15 is 0 Å². The normalized spacial score (nSPS) is 11.2. The number of hydrogen-bond donors (Lipinski definition) is 0. The van der Waals surface area contributed by atoms with E-state index < -0.39 is 0 Å². The van der Waals surface area contributed by atoms with E-state index in [2.05, 4.69) is 62.4 Å². The molecule has 0 heteroatoms. The maximum atomic E-state index is 2.30. The summed E-state index contributed by atoms with van der Waals surface area (Å²) in [4.78, 5) is 0. The fraction of sp³-hybridized carbons (Fsp3) is 0.176. The molecule has 0 amide bonds. The summed E-state index contributed by atoms with van der Waals surface area (Å²) < 4.78 is 0. The molecule has 3 aromatic rings. The Bertz CT molecular complexity index is 693. The lowest BCUT2D eigenvalue weighted by atomic mass is 10.00. The Morgan fingerprint density at radius 2 is 1.35 bits per heavy atom. The molecule has 0 aromatic heterocycles. The van der Waals surface area contributed by atoms with Gasteiger partial charge in [-0.25, -0.2) is 0 Å². The minimum absolute atomic E-state index is 1.10. The lowest BCUT2D eigenvalue weighted by Crippen LogP contribution is -1.82. The Hall–Kier alpha value is -1.82. The van der Waals surface area contributed by atoms with Crippen LogP contribution in [0.2, 0.25) is 0 Å².